The highest BCUT2D eigenvalue weighted by Gasteiger charge is 2.29. The molecule has 0 bridgehead atoms. The van der Waals surface area contributed by atoms with Crippen LogP contribution >= 0.6 is 0 Å². The number of hydrogen-bond acceptors (Lipinski definition) is 4. The molecule has 0 saturated carbocycles. The van der Waals surface area contributed by atoms with Crippen LogP contribution in [0.4, 0.5) is 0 Å². The number of benzene rings is 1. The van der Waals surface area contributed by atoms with Gasteiger partial charge in [0.2, 0.25) is 0 Å². The molecular weight excluding hydrogens is 256 g/mol. The van der Waals surface area contributed by atoms with Gasteiger partial charge in [-0.3, -0.25) is 4.79 Å². The van der Waals surface area contributed by atoms with Gasteiger partial charge in [-0.05, 0) is 37.5 Å². The molecule has 1 aromatic rings. The van der Waals surface area contributed by atoms with Crippen LogP contribution in [-0.2, 0) is 16.1 Å². The van der Waals surface area contributed by atoms with E-state index in [-0.39, 0.29) is 18.1 Å². The summed E-state index contributed by atoms with van der Waals surface area (Å²) in [4.78, 5) is 11.7. The summed E-state index contributed by atoms with van der Waals surface area (Å²) in [5.74, 6) is 0.533. The van der Waals surface area contributed by atoms with E-state index in [1.165, 1.54) is 0 Å². The number of hydrogen-bond donors (Lipinski definition) is 2. The number of amides is 1. The fourth-order valence-electron chi connectivity index (χ4n) is 2.18. The Morgan fingerprint density at radius 2 is 2.20 bits per heavy atom. The van der Waals surface area contributed by atoms with Crippen LogP contribution < -0.4 is 15.8 Å². The number of carbonyl (C=O) groups excluding carboxylic acids is 1. The molecule has 0 radical (unpaired) electrons. The lowest BCUT2D eigenvalue weighted by atomic mass is 10.0. The summed E-state index contributed by atoms with van der Waals surface area (Å²) in [6, 6.07) is 7.41. The van der Waals surface area contributed by atoms with Gasteiger partial charge in [0.05, 0.1) is 5.60 Å². The van der Waals surface area contributed by atoms with Crippen LogP contribution in [0.2, 0.25) is 0 Å². The molecule has 1 fully saturated rings. The van der Waals surface area contributed by atoms with Gasteiger partial charge in [0.25, 0.3) is 5.91 Å². The minimum Gasteiger partial charge on any atom is -0.484 e. The molecule has 1 unspecified atom stereocenters. The van der Waals surface area contributed by atoms with Gasteiger partial charge in [-0.25, -0.2) is 0 Å². The van der Waals surface area contributed by atoms with E-state index in [1.807, 2.05) is 31.2 Å². The predicted molar refractivity (Wildman–Crippen MR) is 76.4 cm³/mol. The normalized spacial score (nSPS) is 21.7. The van der Waals surface area contributed by atoms with E-state index in [4.69, 9.17) is 15.2 Å². The Bertz CT molecular complexity index is 439. The quantitative estimate of drug-likeness (QED) is 0.820. The molecule has 0 spiro atoms. The zero-order valence-corrected chi connectivity index (χ0v) is 11.9. The lowest BCUT2D eigenvalue weighted by Crippen LogP contribution is -2.41. The zero-order chi connectivity index (χ0) is 14.4. The smallest absolute Gasteiger partial charge is 0.258 e. The third kappa shape index (κ3) is 4.21. The summed E-state index contributed by atoms with van der Waals surface area (Å²) in [5, 5.41) is 2.85. The van der Waals surface area contributed by atoms with Crippen molar-refractivity contribution in [2.24, 2.45) is 5.73 Å². The molecule has 3 N–H and O–H groups in total. The van der Waals surface area contributed by atoms with Crippen molar-refractivity contribution in [1.82, 2.24) is 5.32 Å². The van der Waals surface area contributed by atoms with Gasteiger partial charge in [0.1, 0.15) is 5.75 Å². The Balaban J connectivity index is 1.71. The maximum absolute atomic E-state index is 11.7. The molecule has 1 aliphatic heterocycles. The summed E-state index contributed by atoms with van der Waals surface area (Å²) in [7, 11) is 0. The van der Waals surface area contributed by atoms with Crippen molar-refractivity contribution in [2.75, 3.05) is 19.8 Å². The van der Waals surface area contributed by atoms with Gasteiger partial charge < -0.3 is 20.5 Å². The summed E-state index contributed by atoms with van der Waals surface area (Å²) in [6.07, 6.45) is 2.03. The molecule has 20 heavy (non-hydrogen) atoms. The minimum absolute atomic E-state index is 0.0120. The van der Waals surface area contributed by atoms with Gasteiger partial charge in [-0.15, -0.1) is 0 Å². The van der Waals surface area contributed by atoms with Crippen LogP contribution in [0.5, 0.6) is 5.75 Å². The summed E-state index contributed by atoms with van der Waals surface area (Å²) in [5.41, 5.74) is 6.33. The van der Waals surface area contributed by atoms with E-state index in [0.717, 1.165) is 25.0 Å². The van der Waals surface area contributed by atoms with E-state index in [0.29, 0.717) is 18.8 Å². The maximum Gasteiger partial charge on any atom is 0.258 e. The minimum atomic E-state index is -0.224. The molecular formula is C15H22N2O3. The van der Waals surface area contributed by atoms with Crippen molar-refractivity contribution in [2.45, 2.75) is 31.9 Å². The highest BCUT2D eigenvalue weighted by atomic mass is 16.5. The Hall–Kier alpha value is -1.59. The number of ether oxygens (including phenoxy) is 2. The molecule has 1 aromatic carbocycles. The van der Waals surface area contributed by atoms with Crippen LogP contribution in [0.3, 0.4) is 0 Å². The van der Waals surface area contributed by atoms with Crippen LogP contribution in [-0.4, -0.2) is 31.3 Å². The first kappa shape index (κ1) is 14.8. The van der Waals surface area contributed by atoms with Crippen molar-refractivity contribution in [1.29, 1.82) is 0 Å². The SMILES string of the molecule is CC1(CNC(=O)COc2ccc(CN)cc2)CCCO1. The van der Waals surface area contributed by atoms with Gasteiger partial charge >= 0.3 is 0 Å². The average Bonchev–Trinajstić information content (AvgIpc) is 2.91. The highest BCUT2D eigenvalue weighted by Crippen LogP contribution is 2.23. The van der Waals surface area contributed by atoms with Crippen molar-refractivity contribution in [3.8, 4) is 5.75 Å². The van der Waals surface area contributed by atoms with Crippen molar-refractivity contribution < 1.29 is 14.3 Å². The van der Waals surface area contributed by atoms with E-state index < -0.39 is 0 Å². The molecule has 1 atom stereocenters. The summed E-state index contributed by atoms with van der Waals surface area (Å²) < 4.78 is 11.0. The molecule has 1 saturated heterocycles. The first-order valence-electron chi connectivity index (χ1n) is 6.94. The average molecular weight is 278 g/mol. The van der Waals surface area contributed by atoms with Crippen LogP contribution in [0.15, 0.2) is 24.3 Å². The highest BCUT2D eigenvalue weighted by molar-refractivity contribution is 5.77. The molecule has 1 aliphatic rings. The maximum atomic E-state index is 11.7. The van der Waals surface area contributed by atoms with E-state index in [9.17, 15) is 4.79 Å². The van der Waals surface area contributed by atoms with Crippen LogP contribution in [0.25, 0.3) is 0 Å². The monoisotopic (exact) mass is 278 g/mol. The summed E-state index contributed by atoms with van der Waals surface area (Å²) in [6.45, 7) is 3.84. The number of nitrogens with one attached hydrogen (secondary N) is 1. The Morgan fingerprint density at radius 1 is 1.45 bits per heavy atom. The topological polar surface area (TPSA) is 73.6 Å². The molecule has 110 valence electrons. The fraction of sp³-hybridized carbons (Fsp3) is 0.533. The molecule has 0 aliphatic carbocycles. The second-order valence-electron chi connectivity index (χ2n) is 5.32. The number of carbonyl (C=O) groups is 1. The third-order valence-corrected chi connectivity index (χ3v) is 3.49. The molecule has 5 heteroatoms. The van der Waals surface area contributed by atoms with E-state index in [2.05, 4.69) is 5.32 Å². The lowest BCUT2D eigenvalue weighted by Gasteiger charge is -2.23. The second-order valence-corrected chi connectivity index (χ2v) is 5.32. The first-order chi connectivity index (χ1) is 9.61. The molecule has 2 rings (SSSR count). The Kier molecular flexibility index (Phi) is 4.98. The summed E-state index contributed by atoms with van der Waals surface area (Å²) >= 11 is 0. The van der Waals surface area contributed by atoms with Crippen molar-refractivity contribution >= 4 is 5.91 Å². The van der Waals surface area contributed by atoms with E-state index in [1.54, 1.807) is 0 Å². The van der Waals surface area contributed by atoms with E-state index >= 15 is 0 Å². The zero-order valence-electron chi connectivity index (χ0n) is 11.9. The molecule has 5 nitrogen and oxygen atoms in total. The van der Waals surface area contributed by atoms with Crippen molar-refractivity contribution in [3.63, 3.8) is 0 Å². The molecule has 1 heterocycles. The van der Waals surface area contributed by atoms with Crippen LogP contribution in [0, 0.1) is 0 Å². The second kappa shape index (κ2) is 6.72. The lowest BCUT2D eigenvalue weighted by molar-refractivity contribution is -0.124. The van der Waals surface area contributed by atoms with Gasteiger partial charge in [0.15, 0.2) is 6.61 Å². The first-order valence-corrected chi connectivity index (χ1v) is 6.94. The molecule has 0 aromatic heterocycles. The van der Waals surface area contributed by atoms with Gasteiger partial charge in [0, 0.05) is 19.7 Å². The number of nitrogens with two attached hydrogens (primary N) is 1. The standard InChI is InChI=1S/C15H22N2O3/c1-15(7-2-8-20-15)11-17-14(18)10-19-13-5-3-12(9-16)4-6-13/h3-6H,2,7-11,16H2,1H3,(H,17,18). The van der Waals surface area contributed by atoms with Gasteiger partial charge in [-0.2, -0.15) is 0 Å². The predicted octanol–water partition coefficient (Wildman–Crippen LogP) is 1.21. The Labute approximate surface area is 119 Å². The molecule has 1 amide bonds. The Morgan fingerprint density at radius 3 is 2.80 bits per heavy atom. The largest absolute Gasteiger partial charge is 0.484 e. The third-order valence-electron chi connectivity index (χ3n) is 3.49. The fourth-order valence-corrected chi connectivity index (χ4v) is 2.18. The number of rotatable bonds is 6. The van der Waals surface area contributed by atoms with Gasteiger partial charge in [-0.1, -0.05) is 12.1 Å². The van der Waals surface area contributed by atoms with Crippen molar-refractivity contribution in [3.05, 3.63) is 29.8 Å². The van der Waals surface area contributed by atoms with Crippen LogP contribution in [0.1, 0.15) is 25.3 Å².